The summed E-state index contributed by atoms with van der Waals surface area (Å²) in [7, 11) is 1.50. The van der Waals surface area contributed by atoms with Gasteiger partial charge in [-0.05, 0) is 91.8 Å². The predicted octanol–water partition coefficient (Wildman–Crippen LogP) is 6.50. The van der Waals surface area contributed by atoms with Gasteiger partial charge in [-0.2, -0.15) is 0 Å². The fourth-order valence-electron chi connectivity index (χ4n) is 3.97. The molecular weight excluding hydrogens is 552 g/mol. The number of benzene rings is 3. The Hall–Kier alpha value is -4.63. The number of hydrogen-bond acceptors (Lipinski definition) is 8. The van der Waals surface area contributed by atoms with E-state index in [4.69, 9.17) is 28.8 Å². The first-order valence-electron chi connectivity index (χ1n) is 14.2. The number of rotatable bonds is 19. The first kappa shape index (κ1) is 32.9. The molecule has 0 aliphatic heterocycles. The maximum absolute atomic E-state index is 12.6. The highest BCUT2D eigenvalue weighted by atomic mass is 16.5. The highest BCUT2D eigenvalue weighted by Crippen LogP contribution is 2.24. The van der Waals surface area contributed by atoms with Crippen LogP contribution in [0.15, 0.2) is 84.9 Å². The Labute approximate surface area is 252 Å². The molecule has 0 aromatic heterocycles. The van der Waals surface area contributed by atoms with E-state index in [1.807, 2.05) is 36.4 Å². The van der Waals surface area contributed by atoms with Crippen molar-refractivity contribution < 1.29 is 43.2 Å². The third kappa shape index (κ3) is 12.0. The highest BCUT2D eigenvalue weighted by molar-refractivity contribution is 5.91. The molecule has 0 heterocycles. The molecule has 0 radical (unpaired) electrons. The minimum atomic E-state index is -0.838. The van der Waals surface area contributed by atoms with E-state index in [1.54, 1.807) is 36.4 Å². The summed E-state index contributed by atoms with van der Waals surface area (Å²) in [5, 5.41) is 8.69. The lowest BCUT2D eigenvalue weighted by Crippen LogP contribution is -2.11. The first-order valence-corrected chi connectivity index (χ1v) is 14.2. The van der Waals surface area contributed by atoms with Gasteiger partial charge >= 0.3 is 17.9 Å². The summed E-state index contributed by atoms with van der Waals surface area (Å²) < 4.78 is 26.8. The lowest BCUT2D eigenvalue weighted by atomic mass is 10.0. The molecule has 3 rings (SSSR count). The second-order valence-electron chi connectivity index (χ2n) is 9.74. The molecule has 0 saturated heterocycles. The van der Waals surface area contributed by atoms with Crippen LogP contribution < -0.4 is 14.2 Å². The summed E-state index contributed by atoms with van der Waals surface area (Å²) in [6.45, 7) is 5.04. The SMILES string of the molecule is C=C(COC)C(=O)OCCCCCCOc1ccc(OC(=O)c2ccc(-c3ccc(OCCCC(=O)O)cc3)cc2)cc1. The van der Waals surface area contributed by atoms with Crippen molar-refractivity contribution in [3.05, 3.63) is 90.5 Å². The Morgan fingerprint density at radius 1 is 0.674 bits per heavy atom. The van der Waals surface area contributed by atoms with Crippen molar-refractivity contribution >= 4 is 17.9 Å². The Kier molecular flexibility index (Phi) is 13.8. The number of carboxylic acid groups (broad SMARTS) is 1. The van der Waals surface area contributed by atoms with Crippen molar-refractivity contribution in [3.63, 3.8) is 0 Å². The number of esters is 2. The Morgan fingerprint density at radius 2 is 1.19 bits per heavy atom. The summed E-state index contributed by atoms with van der Waals surface area (Å²) in [5.74, 6) is 0.0584. The number of ether oxygens (including phenoxy) is 5. The summed E-state index contributed by atoms with van der Waals surface area (Å²) in [6.07, 6.45) is 4.03. The van der Waals surface area contributed by atoms with Crippen molar-refractivity contribution in [1.29, 1.82) is 0 Å². The molecule has 0 amide bonds. The molecule has 0 aliphatic rings. The highest BCUT2D eigenvalue weighted by Gasteiger charge is 2.10. The number of carboxylic acids is 1. The molecule has 3 aromatic carbocycles. The van der Waals surface area contributed by atoms with E-state index in [-0.39, 0.29) is 13.0 Å². The Morgan fingerprint density at radius 3 is 1.77 bits per heavy atom. The summed E-state index contributed by atoms with van der Waals surface area (Å²) in [4.78, 5) is 34.8. The molecule has 3 aromatic rings. The molecule has 0 fully saturated rings. The molecule has 1 N–H and O–H groups in total. The van der Waals surface area contributed by atoms with Crippen molar-refractivity contribution in [2.45, 2.75) is 38.5 Å². The van der Waals surface area contributed by atoms with Crippen molar-refractivity contribution in [2.75, 3.05) is 33.5 Å². The van der Waals surface area contributed by atoms with Gasteiger partial charge in [0.15, 0.2) is 0 Å². The van der Waals surface area contributed by atoms with Crippen molar-refractivity contribution in [1.82, 2.24) is 0 Å². The minimum absolute atomic E-state index is 0.0749. The largest absolute Gasteiger partial charge is 0.494 e. The fourth-order valence-corrected chi connectivity index (χ4v) is 3.97. The molecular formula is C34H38O9. The van der Waals surface area contributed by atoms with Crippen LogP contribution in [0.4, 0.5) is 0 Å². The average molecular weight is 591 g/mol. The number of methoxy groups -OCH3 is 1. The van der Waals surface area contributed by atoms with Gasteiger partial charge in [-0.1, -0.05) is 30.8 Å². The minimum Gasteiger partial charge on any atom is -0.494 e. The zero-order chi connectivity index (χ0) is 30.9. The number of carbonyl (C=O) groups is 3. The summed E-state index contributed by atoms with van der Waals surface area (Å²) >= 11 is 0. The number of hydrogen-bond donors (Lipinski definition) is 1. The average Bonchev–Trinajstić information content (AvgIpc) is 3.01. The third-order valence-electron chi connectivity index (χ3n) is 6.29. The van der Waals surface area contributed by atoms with Gasteiger partial charge < -0.3 is 28.8 Å². The van der Waals surface area contributed by atoms with E-state index < -0.39 is 17.9 Å². The van der Waals surface area contributed by atoms with E-state index >= 15 is 0 Å². The second kappa shape index (κ2) is 18.0. The molecule has 9 nitrogen and oxygen atoms in total. The maximum Gasteiger partial charge on any atom is 0.343 e. The van der Waals surface area contributed by atoms with Gasteiger partial charge in [0.05, 0.1) is 37.6 Å². The predicted molar refractivity (Wildman–Crippen MR) is 162 cm³/mol. The topological polar surface area (TPSA) is 118 Å². The van der Waals surface area contributed by atoms with Gasteiger partial charge in [-0.3, -0.25) is 4.79 Å². The van der Waals surface area contributed by atoms with Crippen LogP contribution in [0, 0.1) is 0 Å². The third-order valence-corrected chi connectivity index (χ3v) is 6.29. The molecule has 43 heavy (non-hydrogen) atoms. The Balaban J connectivity index is 1.34. The molecule has 0 aliphatic carbocycles. The van der Waals surface area contributed by atoms with Crippen molar-refractivity contribution in [3.8, 4) is 28.4 Å². The van der Waals surface area contributed by atoms with Crippen LogP contribution in [0.25, 0.3) is 11.1 Å². The van der Waals surface area contributed by atoms with Crippen LogP contribution in [0.1, 0.15) is 48.9 Å². The lowest BCUT2D eigenvalue weighted by molar-refractivity contribution is -0.140. The van der Waals surface area contributed by atoms with Crippen LogP contribution in [0.5, 0.6) is 17.2 Å². The quantitative estimate of drug-likeness (QED) is 0.0722. The molecule has 228 valence electrons. The second-order valence-corrected chi connectivity index (χ2v) is 9.74. The summed E-state index contributed by atoms with van der Waals surface area (Å²) in [5.41, 5.74) is 2.63. The van der Waals surface area contributed by atoms with E-state index in [0.29, 0.717) is 54.6 Å². The van der Waals surface area contributed by atoms with E-state index in [1.165, 1.54) is 7.11 Å². The van der Waals surface area contributed by atoms with Crippen LogP contribution in [0.3, 0.4) is 0 Å². The van der Waals surface area contributed by atoms with Gasteiger partial charge in [0, 0.05) is 13.5 Å². The first-order chi connectivity index (χ1) is 20.9. The van der Waals surface area contributed by atoms with Gasteiger partial charge in [-0.15, -0.1) is 0 Å². The van der Waals surface area contributed by atoms with Gasteiger partial charge in [-0.25, -0.2) is 9.59 Å². The van der Waals surface area contributed by atoms with Crippen LogP contribution in [-0.4, -0.2) is 56.6 Å². The zero-order valence-corrected chi connectivity index (χ0v) is 24.4. The Bertz CT molecular complexity index is 1310. The normalized spacial score (nSPS) is 10.5. The van der Waals surface area contributed by atoms with Gasteiger partial charge in [0.1, 0.15) is 17.2 Å². The monoisotopic (exact) mass is 590 g/mol. The molecule has 0 bridgehead atoms. The van der Waals surface area contributed by atoms with Gasteiger partial charge in [0.25, 0.3) is 0 Å². The van der Waals surface area contributed by atoms with Crippen LogP contribution in [-0.2, 0) is 19.1 Å². The summed E-state index contributed by atoms with van der Waals surface area (Å²) in [6, 6.07) is 21.5. The smallest absolute Gasteiger partial charge is 0.343 e. The van der Waals surface area contributed by atoms with Crippen molar-refractivity contribution in [2.24, 2.45) is 0 Å². The molecule has 0 atom stereocenters. The van der Waals surface area contributed by atoms with Gasteiger partial charge in [0.2, 0.25) is 0 Å². The number of unbranched alkanes of at least 4 members (excludes halogenated alkanes) is 3. The number of carbonyl (C=O) groups excluding carboxylic acids is 2. The van der Waals surface area contributed by atoms with Crippen LogP contribution >= 0.6 is 0 Å². The molecule has 0 saturated carbocycles. The zero-order valence-electron chi connectivity index (χ0n) is 24.4. The van der Waals surface area contributed by atoms with E-state index in [9.17, 15) is 14.4 Å². The maximum atomic E-state index is 12.6. The number of aliphatic carboxylic acids is 1. The standard InChI is InChI=1S/C34H38O9/c1-25(24-39-2)33(37)42-22-6-4-3-5-21-40-30-17-19-31(20-18-30)43-34(38)28-11-9-26(10-12-28)27-13-15-29(16-14-27)41-23-7-8-32(35)36/h9-20H,1,3-8,21-24H2,2H3,(H,35,36). The van der Waals surface area contributed by atoms with E-state index in [2.05, 4.69) is 6.58 Å². The van der Waals surface area contributed by atoms with Crippen LogP contribution in [0.2, 0.25) is 0 Å². The van der Waals surface area contributed by atoms with E-state index in [0.717, 1.165) is 36.8 Å². The fraction of sp³-hybridized carbons (Fsp3) is 0.324. The lowest BCUT2D eigenvalue weighted by Gasteiger charge is -2.09. The molecule has 0 unspecified atom stereocenters. The molecule has 9 heteroatoms. The molecule has 0 spiro atoms.